The summed E-state index contributed by atoms with van der Waals surface area (Å²) in [6.07, 6.45) is 12.8. The van der Waals surface area contributed by atoms with Gasteiger partial charge in [-0.15, -0.1) is 0 Å². The number of carbonyl (C=O) groups excluding carboxylic acids is 2. The van der Waals surface area contributed by atoms with Gasteiger partial charge in [0, 0.05) is 37.5 Å². The fourth-order valence-electron chi connectivity index (χ4n) is 4.18. The van der Waals surface area contributed by atoms with Crippen LogP contribution in [0.15, 0.2) is 18.7 Å². The zero-order valence-corrected chi connectivity index (χ0v) is 16.0. The van der Waals surface area contributed by atoms with Crippen LogP contribution < -0.4 is 10.6 Å². The molecule has 0 radical (unpaired) electrons. The third kappa shape index (κ3) is 5.99. The highest BCUT2D eigenvalue weighted by molar-refractivity contribution is 5.79. The first-order valence-corrected chi connectivity index (χ1v) is 10.0. The first kappa shape index (κ1) is 19.7. The molecule has 2 fully saturated rings. The van der Waals surface area contributed by atoms with Gasteiger partial charge in [-0.25, -0.2) is 9.97 Å². The van der Waals surface area contributed by atoms with Crippen molar-refractivity contribution in [3.63, 3.8) is 0 Å². The Morgan fingerprint density at radius 2 is 1.70 bits per heavy atom. The summed E-state index contributed by atoms with van der Waals surface area (Å²) in [5, 5.41) is 6.32. The van der Waals surface area contributed by atoms with Crippen molar-refractivity contribution >= 4 is 11.8 Å². The minimum atomic E-state index is 0.00472. The van der Waals surface area contributed by atoms with Crippen molar-refractivity contribution < 1.29 is 14.3 Å². The lowest BCUT2D eigenvalue weighted by Gasteiger charge is -2.32. The fraction of sp³-hybridized carbons (Fsp3) is 0.700. The highest BCUT2D eigenvalue weighted by Gasteiger charge is 2.30. The largest absolute Gasteiger partial charge is 0.381 e. The van der Waals surface area contributed by atoms with Gasteiger partial charge in [-0.2, -0.15) is 0 Å². The number of ether oxygens (including phenoxy) is 1. The molecule has 1 aromatic rings. The molecule has 0 bridgehead atoms. The Hall–Kier alpha value is -2.02. The number of nitrogens with one attached hydrogen (secondary N) is 2. The van der Waals surface area contributed by atoms with E-state index in [1.165, 1.54) is 6.33 Å². The van der Waals surface area contributed by atoms with Gasteiger partial charge < -0.3 is 15.4 Å². The molecule has 2 aliphatic carbocycles. The maximum atomic E-state index is 12.5. The summed E-state index contributed by atoms with van der Waals surface area (Å²) < 4.78 is 5.43. The fourth-order valence-corrected chi connectivity index (χ4v) is 4.18. The second-order valence-corrected chi connectivity index (χ2v) is 7.77. The zero-order chi connectivity index (χ0) is 19.1. The summed E-state index contributed by atoms with van der Waals surface area (Å²) in [5.74, 6) is 0.257. The quantitative estimate of drug-likeness (QED) is 0.791. The second-order valence-electron chi connectivity index (χ2n) is 7.77. The van der Waals surface area contributed by atoms with Crippen molar-refractivity contribution in [1.29, 1.82) is 0 Å². The molecule has 2 atom stereocenters. The molecule has 0 aromatic carbocycles. The van der Waals surface area contributed by atoms with Crippen LogP contribution in [0.3, 0.4) is 0 Å². The number of methoxy groups -OCH3 is 1. The smallest absolute Gasteiger partial charge is 0.224 e. The summed E-state index contributed by atoms with van der Waals surface area (Å²) in [6, 6.07) is 0.402. The van der Waals surface area contributed by atoms with Gasteiger partial charge in [0.1, 0.15) is 6.33 Å². The molecule has 3 rings (SSSR count). The predicted octanol–water partition coefficient (Wildman–Crippen LogP) is 1.77. The summed E-state index contributed by atoms with van der Waals surface area (Å²) >= 11 is 0. The molecule has 2 N–H and O–H groups in total. The standard InChI is InChI=1S/C20H30N4O3/c1-27-18-4-2-3-15(10-18)20(26)24-17-7-5-16(6-8-17)23-19(25)9-14-11-21-13-22-12-14/h11-13,15-18H,2-10H2,1H3,(H,23,25)(H,24,26). The van der Waals surface area contributed by atoms with Crippen LogP contribution in [-0.2, 0) is 20.7 Å². The van der Waals surface area contributed by atoms with Crippen molar-refractivity contribution in [1.82, 2.24) is 20.6 Å². The number of nitrogens with zero attached hydrogens (tertiary/aromatic N) is 2. The molecule has 27 heavy (non-hydrogen) atoms. The number of rotatable bonds is 6. The lowest BCUT2D eigenvalue weighted by molar-refractivity contribution is -0.128. The van der Waals surface area contributed by atoms with E-state index in [-0.39, 0.29) is 35.9 Å². The molecule has 7 heteroatoms. The van der Waals surface area contributed by atoms with Gasteiger partial charge >= 0.3 is 0 Å². The Labute approximate surface area is 160 Å². The Morgan fingerprint density at radius 3 is 2.37 bits per heavy atom. The number of hydrogen-bond donors (Lipinski definition) is 2. The van der Waals surface area contributed by atoms with Crippen LogP contribution >= 0.6 is 0 Å². The van der Waals surface area contributed by atoms with E-state index in [0.717, 1.165) is 56.9 Å². The Bertz CT molecular complexity index is 617. The molecular formula is C20H30N4O3. The SMILES string of the molecule is COC1CCCC(C(=O)NC2CCC(NC(=O)Cc3cncnc3)CC2)C1. The van der Waals surface area contributed by atoms with Crippen molar-refractivity contribution in [3.8, 4) is 0 Å². The number of carbonyl (C=O) groups is 2. The van der Waals surface area contributed by atoms with E-state index in [4.69, 9.17) is 4.74 Å². The highest BCUT2D eigenvalue weighted by Crippen LogP contribution is 2.27. The van der Waals surface area contributed by atoms with Crippen LogP contribution in [0.4, 0.5) is 0 Å². The minimum absolute atomic E-state index is 0.00472. The maximum absolute atomic E-state index is 12.5. The van der Waals surface area contributed by atoms with E-state index in [1.54, 1.807) is 19.5 Å². The highest BCUT2D eigenvalue weighted by atomic mass is 16.5. The normalized spacial score (nSPS) is 28.3. The Kier molecular flexibility index (Phi) is 7.15. The van der Waals surface area contributed by atoms with Gasteiger partial charge in [0.2, 0.25) is 11.8 Å². The molecule has 2 saturated carbocycles. The van der Waals surface area contributed by atoms with Gasteiger partial charge in [-0.3, -0.25) is 9.59 Å². The van der Waals surface area contributed by atoms with Crippen molar-refractivity contribution in [2.24, 2.45) is 5.92 Å². The van der Waals surface area contributed by atoms with Gasteiger partial charge in [-0.05, 0) is 50.5 Å². The molecule has 0 spiro atoms. The first-order chi connectivity index (χ1) is 13.1. The summed E-state index contributed by atoms with van der Waals surface area (Å²) in [7, 11) is 1.73. The van der Waals surface area contributed by atoms with E-state index >= 15 is 0 Å². The molecule has 1 aromatic heterocycles. The molecule has 7 nitrogen and oxygen atoms in total. The van der Waals surface area contributed by atoms with Crippen LogP contribution in [0.5, 0.6) is 0 Å². The number of amides is 2. The molecule has 2 unspecified atom stereocenters. The van der Waals surface area contributed by atoms with E-state index in [2.05, 4.69) is 20.6 Å². The van der Waals surface area contributed by atoms with Crippen molar-refractivity contribution in [2.45, 2.75) is 76.0 Å². The molecule has 2 aliphatic rings. The van der Waals surface area contributed by atoms with Crippen molar-refractivity contribution in [2.75, 3.05) is 7.11 Å². The molecular weight excluding hydrogens is 344 g/mol. The lowest BCUT2D eigenvalue weighted by atomic mass is 9.85. The monoisotopic (exact) mass is 374 g/mol. The topological polar surface area (TPSA) is 93.2 Å². The second kappa shape index (κ2) is 9.78. The number of hydrogen-bond acceptors (Lipinski definition) is 5. The summed E-state index contributed by atoms with van der Waals surface area (Å²) in [5.41, 5.74) is 0.817. The van der Waals surface area contributed by atoms with Gasteiger partial charge in [0.15, 0.2) is 0 Å². The molecule has 0 saturated heterocycles. The van der Waals surface area contributed by atoms with Crippen LogP contribution in [0.25, 0.3) is 0 Å². The van der Waals surface area contributed by atoms with Gasteiger partial charge in [-0.1, -0.05) is 6.42 Å². The minimum Gasteiger partial charge on any atom is -0.381 e. The average Bonchev–Trinajstić information content (AvgIpc) is 2.70. The van der Waals surface area contributed by atoms with Gasteiger partial charge in [0.05, 0.1) is 12.5 Å². The van der Waals surface area contributed by atoms with E-state index in [1.807, 2.05) is 0 Å². The molecule has 1 heterocycles. The average molecular weight is 374 g/mol. The third-order valence-electron chi connectivity index (χ3n) is 5.75. The predicted molar refractivity (Wildman–Crippen MR) is 101 cm³/mol. The van der Waals surface area contributed by atoms with Crippen molar-refractivity contribution in [3.05, 3.63) is 24.3 Å². The van der Waals surface area contributed by atoms with Crippen LogP contribution in [0, 0.1) is 5.92 Å². The summed E-state index contributed by atoms with van der Waals surface area (Å²) in [6.45, 7) is 0. The molecule has 0 aliphatic heterocycles. The maximum Gasteiger partial charge on any atom is 0.224 e. The first-order valence-electron chi connectivity index (χ1n) is 10.0. The summed E-state index contributed by atoms with van der Waals surface area (Å²) in [4.78, 5) is 32.6. The van der Waals surface area contributed by atoms with Crippen LogP contribution in [-0.4, -0.2) is 47.1 Å². The van der Waals surface area contributed by atoms with Crippen LogP contribution in [0.1, 0.15) is 56.9 Å². The number of aromatic nitrogens is 2. The third-order valence-corrected chi connectivity index (χ3v) is 5.75. The Morgan fingerprint density at radius 1 is 1.04 bits per heavy atom. The zero-order valence-electron chi connectivity index (χ0n) is 16.0. The van der Waals surface area contributed by atoms with E-state index < -0.39 is 0 Å². The van der Waals surface area contributed by atoms with E-state index in [9.17, 15) is 9.59 Å². The molecule has 2 amide bonds. The van der Waals surface area contributed by atoms with E-state index in [0.29, 0.717) is 6.42 Å². The van der Waals surface area contributed by atoms with Crippen LogP contribution in [0.2, 0.25) is 0 Å². The molecule has 148 valence electrons. The Balaban J connectivity index is 1.37. The van der Waals surface area contributed by atoms with Gasteiger partial charge in [0.25, 0.3) is 0 Å². The lowest BCUT2D eigenvalue weighted by Crippen LogP contribution is -2.46.